The standard InChI is InChI=1S/C15H25NO2/c1-16(10-14-6-9-18-11-14)12-15(13-17)7-4-2-3-5-8-15/h6,9,11,17H,2-5,7-8,10,12-13H2,1H3. The van der Waals surface area contributed by atoms with E-state index in [4.69, 9.17) is 4.42 Å². The van der Waals surface area contributed by atoms with Crippen molar-refractivity contribution in [3.63, 3.8) is 0 Å². The lowest BCUT2D eigenvalue weighted by molar-refractivity contribution is 0.0663. The second kappa shape index (κ2) is 6.39. The number of rotatable bonds is 5. The summed E-state index contributed by atoms with van der Waals surface area (Å²) in [5, 5.41) is 9.80. The van der Waals surface area contributed by atoms with E-state index in [0.717, 1.165) is 13.1 Å². The molecule has 1 saturated carbocycles. The first-order valence-electron chi connectivity index (χ1n) is 7.05. The molecular weight excluding hydrogens is 226 g/mol. The van der Waals surface area contributed by atoms with Crippen molar-refractivity contribution in [1.29, 1.82) is 0 Å². The Bertz CT molecular complexity index is 326. The number of aliphatic hydroxyl groups excluding tert-OH is 1. The van der Waals surface area contributed by atoms with Crippen LogP contribution in [0.1, 0.15) is 44.1 Å². The Morgan fingerprint density at radius 1 is 1.28 bits per heavy atom. The van der Waals surface area contributed by atoms with Crippen molar-refractivity contribution in [3.8, 4) is 0 Å². The summed E-state index contributed by atoms with van der Waals surface area (Å²) in [6.45, 7) is 2.20. The molecule has 1 aromatic rings. The van der Waals surface area contributed by atoms with Gasteiger partial charge in [0.2, 0.25) is 0 Å². The van der Waals surface area contributed by atoms with Gasteiger partial charge in [0.15, 0.2) is 0 Å². The van der Waals surface area contributed by atoms with E-state index in [2.05, 4.69) is 11.9 Å². The minimum atomic E-state index is 0.120. The Hall–Kier alpha value is -0.800. The summed E-state index contributed by atoms with van der Waals surface area (Å²) in [5.41, 5.74) is 1.33. The quantitative estimate of drug-likeness (QED) is 0.817. The molecule has 1 aliphatic rings. The van der Waals surface area contributed by atoms with E-state index in [9.17, 15) is 5.11 Å². The van der Waals surface area contributed by atoms with Gasteiger partial charge in [-0.3, -0.25) is 0 Å². The van der Waals surface area contributed by atoms with Crippen molar-refractivity contribution >= 4 is 0 Å². The van der Waals surface area contributed by atoms with Crippen LogP contribution in [-0.4, -0.2) is 30.2 Å². The molecule has 0 unspecified atom stereocenters. The van der Waals surface area contributed by atoms with Crippen LogP contribution in [0.4, 0.5) is 0 Å². The molecule has 3 nitrogen and oxygen atoms in total. The Labute approximate surface area is 110 Å². The zero-order valence-electron chi connectivity index (χ0n) is 11.4. The molecule has 0 radical (unpaired) electrons. The first-order chi connectivity index (χ1) is 8.74. The van der Waals surface area contributed by atoms with Crippen LogP contribution in [0.2, 0.25) is 0 Å². The molecule has 1 aliphatic carbocycles. The fraction of sp³-hybridized carbons (Fsp3) is 0.733. The Morgan fingerprint density at radius 3 is 2.56 bits per heavy atom. The van der Waals surface area contributed by atoms with Crippen LogP contribution in [0.3, 0.4) is 0 Å². The Kier molecular flexibility index (Phi) is 4.84. The highest BCUT2D eigenvalue weighted by atomic mass is 16.3. The Balaban J connectivity index is 1.91. The largest absolute Gasteiger partial charge is 0.472 e. The van der Waals surface area contributed by atoms with Gasteiger partial charge in [0.1, 0.15) is 0 Å². The maximum absolute atomic E-state index is 9.80. The van der Waals surface area contributed by atoms with Gasteiger partial charge in [-0.25, -0.2) is 0 Å². The minimum Gasteiger partial charge on any atom is -0.472 e. The first-order valence-corrected chi connectivity index (χ1v) is 7.05. The van der Waals surface area contributed by atoms with E-state index in [1.807, 2.05) is 6.07 Å². The van der Waals surface area contributed by atoms with Crippen LogP contribution >= 0.6 is 0 Å². The lowest BCUT2D eigenvalue weighted by atomic mass is 9.80. The number of furan rings is 1. The van der Waals surface area contributed by atoms with Crippen LogP contribution in [0, 0.1) is 5.41 Å². The lowest BCUT2D eigenvalue weighted by Crippen LogP contribution is -2.38. The summed E-state index contributed by atoms with van der Waals surface area (Å²) in [5.74, 6) is 0. The van der Waals surface area contributed by atoms with Gasteiger partial charge in [-0.1, -0.05) is 25.7 Å². The van der Waals surface area contributed by atoms with E-state index in [-0.39, 0.29) is 5.41 Å². The predicted molar refractivity (Wildman–Crippen MR) is 72.3 cm³/mol. The second-order valence-corrected chi connectivity index (χ2v) is 5.88. The van der Waals surface area contributed by atoms with E-state index < -0.39 is 0 Å². The summed E-state index contributed by atoms with van der Waals surface area (Å²) < 4.78 is 5.10. The van der Waals surface area contributed by atoms with Crippen molar-refractivity contribution in [3.05, 3.63) is 24.2 Å². The van der Waals surface area contributed by atoms with Crippen molar-refractivity contribution in [2.75, 3.05) is 20.2 Å². The summed E-state index contributed by atoms with van der Waals surface area (Å²) in [6, 6.07) is 2.01. The fourth-order valence-electron chi connectivity index (χ4n) is 3.17. The molecule has 1 fully saturated rings. The summed E-state index contributed by atoms with van der Waals surface area (Å²) >= 11 is 0. The van der Waals surface area contributed by atoms with Crippen LogP contribution < -0.4 is 0 Å². The highest BCUT2D eigenvalue weighted by molar-refractivity contribution is 5.04. The van der Waals surface area contributed by atoms with Gasteiger partial charge in [0.05, 0.1) is 12.5 Å². The number of nitrogens with zero attached hydrogens (tertiary/aromatic N) is 1. The SMILES string of the molecule is CN(Cc1ccoc1)CC1(CO)CCCCCC1. The lowest BCUT2D eigenvalue weighted by Gasteiger charge is -2.34. The molecule has 0 amide bonds. The van der Waals surface area contributed by atoms with Crippen LogP contribution in [0.5, 0.6) is 0 Å². The maximum atomic E-state index is 9.80. The van der Waals surface area contributed by atoms with E-state index in [1.165, 1.54) is 44.1 Å². The van der Waals surface area contributed by atoms with E-state index >= 15 is 0 Å². The third kappa shape index (κ3) is 3.59. The third-order valence-electron chi connectivity index (χ3n) is 4.14. The predicted octanol–water partition coefficient (Wildman–Crippen LogP) is 3.04. The topological polar surface area (TPSA) is 36.6 Å². The zero-order chi connectivity index (χ0) is 12.8. The van der Waals surface area contributed by atoms with Crippen molar-refractivity contribution in [2.45, 2.75) is 45.1 Å². The molecule has 0 atom stereocenters. The molecule has 1 aromatic heterocycles. The number of hydrogen-bond acceptors (Lipinski definition) is 3. The van der Waals surface area contributed by atoms with Crippen molar-refractivity contribution < 1.29 is 9.52 Å². The van der Waals surface area contributed by atoms with Gasteiger partial charge in [0.25, 0.3) is 0 Å². The Morgan fingerprint density at radius 2 is 2.00 bits per heavy atom. The molecule has 3 heteroatoms. The van der Waals surface area contributed by atoms with Gasteiger partial charge < -0.3 is 14.4 Å². The molecule has 1 N–H and O–H groups in total. The molecule has 0 bridgehead atoms. The highest BCUT2D eigenvalue weighted by Crippen LogP contribution is 2.35. The van der Waals surface area contributed by atoms with Gasteiger partial charge in [-0.15, -0.1) is 0 Å². The average molecular weight is 251 g/mol. The monoisotopic (exact) mass is 251 g/mol. The minimum absolute atomic E-state index is 0.120. The van der Waals surface area contributed by atoms with E-state index in [0.29, 0.717) is 6.61 Å². The molecular formula is C15H25NO2. The van der Waals surface area contributed by atoms with E-state index in [1.54, 1.807) is 12.5 Å². The molecule has 102 valence electrons. The normalized spacial score (nSPS) is 19.9. The van der Waals surface area contributed by atoms with Crippen molar-refractivity contribution in [1.82, 2.24) is 4.90 Å². The smallest absolute Gasteiger partial charge is 0.0947 e. The summed E-state index contributed by atoms with van der Waals surface area (Å²) in [4.78, 5) is 2.31. The molecule has 0 saturated heterocycles. The molecule has 18 heavy (non-hydrogen) atoms. The van der Waals surface area contributed by atoms with Gasteiger partial charge >= 0.3 is 0 Å². The average Bonchev–Trinajstić information content (AvgIpc) is 2.74. The van der Waals surface area contributed by atoms with Crippen LogP contribution in [-0.2, 0) is 6.54 Å². The first kappa shape index (κ1) is 13.6. The summed E-state index contributed by atoms with van der Waals surface area (Å²) in [7, 11) is 2.13. The number of hydrogen-bond donors (Lipinski definition) is 1. The van der Waals surface area contributed by atoms with Gasteiger partial charge in [0, 0.05) is 30.7 Å². The van der Waals surface area contributed by atoms with Gasteiger partial charge in [-0.05, 0) is 26.0 Å². The van der Waals surface area contributed by atoms with Crippen LogP contribution in [0.15, 0.2) is 23.0 Å². The number of aliphatic hydroxyl groups is 1. The molecule has 1 heterocycles. The highest BCUT2D eigenvalue weighted by Gasteiger charge is 2.31. The zero-order valence-corrected chi connectivity index (χ0v) is 11.4. The fourth-order valence-corrected chi connectivity index (χ4v) is 3.17. The maximum Gasteiger partial charge on any atom is 0.0947 e. The third-order valence-corrected chi connectivity index (χ3v) is 4.14. The molecule has 0 spiro atoms. The molecule has 0 aliphatic heterocycles. The molecule has 2 rings (SSSR count). The summed E-state index contributed by atoms with van der Waals surface area (Å²) in [6.07, 6.45) is 11.0. The van der Waals surface area contributed by atoms with Crippen molar-refractivity contribution in [2.24, 2.45) is 5.41 Å². The van der Waals surface area contributed by atoms with Gasteiger partial charge in [-0.2, -0.15) is 0 Å². The van der Waals surface area contributed by atoms with Crippen LogP contribution in [0.25, 0.3) is 0 Å². The molecule has 0 aromatic carbocycles. The second-order valence-electron chi connectivity index (χ2n) is 5.88.